The number of aliphatic imine (C=N–C) groups is 1. The minimum absolute atomic E-state index is 0.174. The molecule has 144 valence electrons. The number of likely N-dealkylation sites (tertiary alicyclic amines) is 1. The maximum absolute atomic E-state index is 13.4. The van der Waals surface area contributed by atoms with Gasteiger partial charge in [-0.1, -0.05) is 17.6 Å². The second kappa shape index (κ2) is 9.90. The Hall–Kier alpha value is -1.86. The Morgan fingerprint density at radius 2 is 2.11 bits per heavy atom. The lowest BCUT2D eigenvalue weighted by Crippen LogP contribution is -2.45. The van der Waals surface area contributed by atoms with Crippen LogP contribution in [0.4, 0.5) is 4.39 Å². The molecule has 2 aliphatic rings. The molecule has 27 heavy (non-hydrogen) atoms. The van der Waals surface area contributed by atoms with Crippen LogP contribution in [0.2, 0.25) is 0 Å². The molecule has 2 aliphatic heterocycles. The van der Waals surface area contributed by atoms with Crippen molar-refractivity contribution >= 4 is 19.3 Å². The molecule has 0 saturated carbocycles. The second-order valence-corrected chi connectivity index (χ2v) is 7.15. The summed E-state index contributed by atoms with van der Waals surface area (Å²) in [5.74, 6) is 1.25. The van der Waals surface area contributed by atoms with Crippen LogP contribution < -0.4 is 10.8 Å². The van der Waals surface area contributed by atoms with E-state index in [-0.39, 0.29) is 11.3 Å². The Balaban J connectivity index is 1.32. The van der Waals surface area contributed by atoms with Crippen LogP contribution in [0.25, 0.3) is 0 Å². The van der Waals surface area contributed by atoms with E-state index in [4.69, 9.17) is 17.3 Å². The van der Waals surface area contributed by atoms with Crippen LogP contribution in [0.15, 0.2) is 35.0 Å². The summed E-state index contributed by atoms with van der Waals surface area (Å²) in [6.07, 6.45) is 5.30. The molecule has 3 rings (SSSR count). The summed E-state index contributed by atoms with van der Waals surface area (Å²) < 4.78 is 24.3. The van der Waals surface area contributed by atoms with Gasteiger partial charge in [0.25, 0.3) is 0 Å². The molecule has 0 bridgehead atoms. The third kappa shape index (κ3) is 5.81. The Labute approximate surface area is 162 Å². The zero-order valence-electron chi connectivity index (χ0n) is 15.9. The van der Waals surface area contributed by atoms with Gasteiger partial charge in [0, 0.05) is 33.0 Å². The van der Waals surface area contributed by atoms with E-state index in [1.54, 1.807) is 19.2 Å². The van der Waals surface area contributed by atoms with Crippen molar-refractivity contribution in [2.45, 2.75) is 25.9 Å². The molecular weight excluding hydrogens is 344 g/mol. The molecule has 1 aromatic rings. The number of methoxy groups -OCH3 is 1. The van der Waals surface area contributed by atoms with Crippen LogP contribution in [0, 0.1) is 11.7 Å². The predicted molar refractivity (Wildman–Crippen MR) is 106 cm³/mol. The fourth-order valence-electron chi connectivity index (χ4n) is 3.43. The lowest BCUT2D eigenvalue weighted by molar-refractivity contribution is 0.0977. The molecule has 0 atom stereocenters. The number of nitrogens with one attached hydrogen (secondary N) is 1. The van der Waals surface area contributed by atoms with Crippen molar-refractivity contribution in [1.29, 1.82) is 0 Å². The van der Waals surface area contributed by atoms with Gasteiger partial charge in [-0.15, -0.1) is 0 Å². The van der Waals surface area contributed by atoms with Gasteiger partial charge in [-0.3, -0.25) is 0 Å². The molecule has 1 aromatic carbocycles. The highest BCUT2D eigenvalue weighted by molar-refractivity contribution is 6.32. The SMILES string of the molecule is [B]c1ccc(COCCC2CCN(C3=NCC(COC)=CN3)CC2)cc1F. The first kappa shape index (κ1) is 19.9. The van der Waals surface area contributed by atoms with E-state index in [9.17, 15) is 4.39 Å². The highest BCUT2D eigenvalue weighted by Crippen LogP contribution is 2.21. The van der Waals surface area contributed by atoms with Crippen LogP contribution in [-0.4, -0.2) is 58.7 Å². The molecule has 2 heterocycles. The molecule has 0 unspecified atom stereocenters. The Morgan fingerprint density at radius 1 is 1.30 bits per heavy atom. The summed E-state index contributed by atoms with van der Waals surface area (Å²) in [7, 11) is 7.18. The van der Waals surface area contributed by atoms with Gasteiger partial charge in [-0.05, 0) is 42.4 Å². The fraction of sp³-hybridized carbons (Fsp3) is 0.550. The van der Waals surface area contributed by atoms with Gasteiger partial charge in [-0.25, -0.2) is 9.38 Å². The smallest absolute Gasteiger partial charge is 0.198 e. The zero-order chi connectivity index (χ0) is 19.1. The first-order valence-corrected chi connectivity index (χ1v) is 9.50. The maximum atomic E-state index is 13.4. The maximum Gasteiger partial charge on any atom is 0.198 e. The van der Waals surface area contributed by atoms with E-state index in [1.165, 1.54) is 6.07 Å². The molecule has 0 aliphatic carbocycles. The number of piperidine rings is 1. The highest BCUT2D eigenvalue weighted by atomic mass is 19.1. The summed E-state index contributed by atoms with van der Waals surface area (Å²) in [6, 6.07) is 4.83. The topological polar surface area (TPSA) is 46.1 Å². The number of guanidine groups is 1. The summed E-state index contributed by atoms with van der Waals surface area (Å²) in [5.41, 5.74) is 2.15. The van der Waals surface area contributed by atoms with Gasteiger partial charge >= 0.3 is 0 Å². The number of halogens is 1. The van der Waals surface area contributed by atoms with Gasteiger partial charge in [0.15, 0.2) is 5.96 Å². The van der Waals surface area contributed by atoms with E-state index in [0.717, 1.165) is 49.4 Å². The summed E-state index contributed by atoms with van der Waals surface area (Å²) in [6.45, 7) is 4.46. The number of ether oxygens (including phenoxy) is 2. The van der Waals surface area contributed by atoms with Crippen LogP contribution >= 0.6 is 0 Å². The number of nitrogens with zero attached hydrogens (tertiary/aromatic N) is 2. The number of benzene rings is 1. The van der Waals surface area contributed by atoms with Crippen molar-refractivity contribution < 1.29 is 13.9 Å². The molecule has 1 fully saturated rings. The lowest BCUT2D eigenvalue weighted by Gasteiger charge is -2.34. The fourth-order valence-corrected chi connectivity index (χ4v) is 3.43. The molecule has 0 aromatic heterocycles. The number of rotatable bonds is 7. The molecule has 0 spiro atoms. The van der Waals surface area contributed by atoms with E-state index in [0.29, 0.717) is 32.3 Å². The van der Waals surface area contributed by atoms with Crippen LogP contribution in [0.1, 0.15) is 24.8 Å². The summed E-state index contributed by atoms with van der Waals surface area (Å²) >= 11 is 0. The monoisotopic (exact) mass is 371 g/mol. The van der Waals surface area contributed by atoms with Crippen molar-refractivity contribution in [3.8, 4) is 0 Å². The first-order valence-electron chi connectivity index (χ1n) is 9.50. The zero-order valence-corrected chi connectivity index (χ0v) is 15.9. The van der Waals surface area contributed by atoms with E-state index >= 15 is 0 Å². The molecule has 7 heteroatoms. The van der Waals surface area contributed by atoms with Crippen molar-refractivity contribution in [1.82, 2.24) is 10.2 Å². The predicted octanol–water partition coefficient (Wildman–Crippen LogP) is 1.73. The van der Waals surface area contributed by atoms with Gasteiger partial charge in [0.05, 0.1) is 19.8 Å². The Bertz CT molecular complexity index is 688. The van der Waals surface area contributed by atoms with Crippen LogP contribution in [0.3, 0.4) is 0 Å². The van der Waals surface area contributed by atoms with Crippen molar-refractivity contribution in [3.63, 3.8) is 0 Å². The average Bonchev–Trinajstić information content (AvgIpc) is 2.69. The van der Waals surface area contributed by atoms with Gasteiger partial charge < -0.3 is 19.7 Å². The lowest BCUT2D eigenvalue weighted by atomic mass is 9.94. The minimum atomic E-state index is -0.383. The van der Waals surface area contributed by atoms with Crippen molar-refractivity contribution in [3.05, 3.63) is 41.4 Å². The van der Waals surface area contributed by atoms with Gasteiger partial charge in [0.2, 0.25) is 0 Å². The standard InChI is InChI=1S/C20H27BFN3O2/c1-26-13-17-11-23-20(24-12-17)25-7-4-15(5-8-25)6-9-27-14-16-2-3-18(21)19(22)10-16/h2-3,10-11,15H,4-9,12-14H2,1H3,(H,23,24). The summed E-state index contributed by atoms with van der Waals surface area (Å²) in [5, 5.41) is 3.29. The second-order valence-electron chi connectivity index (χ2n) is 7.15. The third-order valence-electron chi connectivity index (χ3n) is 5.09. The van der Waals surface area contributed by atoms with Gasteiger partial charge in [-0.2, -0.15) is 0 Å². The van der Waals surface area contributed by atoms with Gasteiger partial charge in [0.1, 0.15) is 13.7 Å². The average molecular weight is 371 g/mol. The van der Waals surface area contributed by atoms with Crippen LogP contribution in [-0.2, 0) is 16.1 Å². The largest absolute Gasteiger partial charge is 0.380 e. The quantitative estimate of drug-likeness (QED) is 0.586. The third-order valence-corrected chi connectivity index (χ3v) is 5.09. The number of hydrogen-bond acceptors (Lipinski definition) is 5. The molecule has 1 N–H and O–H groups in total. The molecule has 5 nitrogen and oxygen atoms in total. The van der Waals surface area contributed by atoms with Crippen molar-refractivity contribution in [2.24, 2.45) is 10.9 Å². The molecule has 2 radical (unpaired) electrons. The van der Waals surface area contributed by atoms with E-state index in [2.05, 4.69) is 15.2 Å². The van der Waals surface area contributed by atoms with E-state index in [1.807, 2.05) is 6.20 Å². The molecule has 1 saturated heterocycles. The Kier molecular flexibility index (Phi) is 7.29. The molecular formula is C20H27BFN3O2. The summed E-state index contributed by atoms with van der Waals surface area (Å²) in [4.78, 5) is 6.93. The molecule has 0 amide bonds. The first-order chi connectivity index (χ1) is 13.2. The normalized spacial score (nSPS) is 18.1. The van der Waals surface area contributed by atoms with Crippen molar-refractivity contribution in [2.75, 3.05) is 40.0 Å². The Morgan fingerprint density at radius 3 is 2.78 bits per heavy atom. The van der Waals surface area contributed by atoms with Crippen LogP contribution in [0.5, 0.6) is 0 Å². The minimum Gasteiger partial charge on any atom is -0.380 e. The van der Waals surface area contributed by atoms with E-state index < -0.39 is 0 Å². The number of hydrogen-bond donors (Lipinski definition) is 1. The highest BCUT2D eigenvalue weighted by Gasteiger charge is 2.22.